The summed E-state index contributed by atoms with van der Waals surface area (Å²) in [4.78, 5) is 18.4. The number of carboxylic acid groups (broad SMARTS) is 1. The van der Waals surface area contributed by atoms with Gasteiger partial charge in [-0.2, -0.15) is 0 Å². The fourth-order valence-electron chi connectivity index (χ4n) is 0. The maximum absolute atomic E-state index is 10.9. The summed E-state index contributed by atoms with van der Waals surface area (Å²) in [5.41, 5.74) is 0. The van der Waals surface area contributed by atoms with Gasteiger partial charge in [-0.25, -0.2) is 0 Å². The molecule has 0 unspecified atom stereocenters. The Morgan fingerprint density at radius 2 is 1.45 bits per heavy atom. The summed E-state index contributed by atoms with van der Waals surface area (Å²) in [7, 11) is 0. The van der Waals surface area contributed by atoms with Crippen LogP contribution in [-0.4, -0.2) is 18.7 Å². The second-order valence-electron chi connectivity index (χ2n) is 1.35. The van der Waals surface area contributed by atoms with Crippen LogP contribution in [0.15, 0.2) is 0 Å². The number of alkyl halides is 3. The van der Waals surface area contributed by atoms with Crippen LogP contribution in [0, 0.1) is 38.8 Å². The van der Waals surface area contributed by atoms with Gasteiger partial charge >= 0.3 is 64.3 Å². The molecule has 0 fully saturated rings. The van der Waals surface area contributed by atoms with Gasteiger partial charge in [-0.05, 0) is 0 Å². The molecule has 0 rings (SSSR count). The molecule has 0 aromatic rings. The fourth-order valence-corrected chi connectivity index (χ4v) is 0. The summed E-state index contributed by atoms with van der Waals surface area (Å²) in [5.74, 6) is -0.833. The molecule has 11 heavy (non-hydrogen) atoms. The molecular formula is C4H4F3NdO3. The number of hydrogen-bond donors (Lipinski definition) is 1. The maximum atomic E-state index is 10.9. The predicted molar refractivity (Wildman–Crippen MR) is 24.4 cm³/mol. The van der Waals surface area contributed by atoms with E-state index in [9.17, 15) is 18.0 Å². The van der Waals surface area contributed by atoms with Crippen molar-refractivity contribution < 1.29 is 66.6 Å². The van der Waals surface area contributed by atoms with E-state index in [1.807, 2.05) is 0 Å². The van der Waals surface area contributed by atoms with Crippen LogP contribution in [0.4, 0.5) is 13.2 Å². The first-order chi connectivity index (χ1) is 4.68. The van der Waals surface area contributed by atoms with Crippen molar-refractivity contribution in [2.75, 3.05) is 0 Å². The molecule has 0 spiro atoms. The van der Waals surface area contributed by atoms with Gasteiger partial charge in [0.1, 0.15) is 0 Å². The van der Waals surface area contributed by atoms with Gasteiger partial charge < -0.3 is 5.11 Å². The summed E-state index contributed by atoms with van der Waals surface area (Å²) < 4.78 is 31.0. The van der Waals surface area contributed by atoms with Crippen LogP contribution < -0.4 is 0 Å². The molecule has 1 N–H and O–H groups in total. The van der Waals surface area contributed by atoms with Gasteiger partial charge in [-0.3, -0.25) is 4.79 Å². The van der Waals surface area contributed by atoms with E-state index in [1.165, 1.54) is 0 Å². The first kappa shape index (κ1) is 13.8. The van der Waals surface area contributed by atoms with Gasteiger partial charge in [-0.1, -0.05) is 0 Å². The van der Waals surface area contributed by atoms with Crippen molar-refractivity contribution in [2.24, 2.45) is 0 Å². The average molecular weight is 301 g/mol. The third-order valence-electron chi connectivity index (χ3n) is 0.257. The minimum atomic E-state index is -4.58. The number of halogens is 3. The zero-order valence-electron chi connectivity index (χ0n) is 5.40. The molecule has 7 heteroatoms. The summed E-state index contributed by atoms with van der Waals surface area (Å²) in [6, 6.07) is 0. The fraction of sp³-hybridized carbons (Fsp3) is 0.500. The van der Waals surface area contributed by atoms with E-state index in [-0.39, 0.29) is 0 Å². The quantitative estimate of drug-likeness (QED) is 0.717. The number of carbonyl (C=O) groups excluding carboxylic acids is 1. The van der Waals surface area contributed by atoms with Crippen LogP contribution in [0.5, 0.6) is 0 Å². The van der Waals surface area contributed by atoms with E-state index in [2.05, 4.69) is 0 Å². The van der Waals surface area contributed by atoms with Crippen molar-refractivity contribution in [1.29, 1.82) is 0 Å². The van der Waals surface area contributed by atoms with E-state index in [0.29, 0.717) is 0 Å². The molecule has 0 atom stereocenters. The number of hydrogen-bond acceptors (Lipinski definition) is 2. The monoisotopic (exact) mass is 299 g/mol. The Morgan fingerprint density at radius 3 is 1.45 bits per heavy atom. The molecule has 0 saturated carbocycles. The third kappa shape index (κ3) is 17.9. The number of carboxylic acids is 1. The van der Waals surface area contributed by atoms with Crippen molar-refractivity contribution in [1.82, 2.24) is 0 Å². The minimum absolute atomic E-state index is 0.436. The molecule has 0 aliphatic heterocycles. The number of rotatable bonds is 0. The number of aliphatic carboxylic acids is 1. The van der Waals surface area contributed by atoms with Crippen molar-refractivity contribution in [3.05, 3.63) is 0 Å². The van der Waals surface area contributed by atoms with Gasteiger partial charge in [0.15, 0.2) is 0 Å². The van der Waals surface area contributed by atoms with E-state index in [4.69, 9.17) is 9.90 Å². The summed E-state index contributed by atoms with van der Waals surface area (Å²) in [5, 5.41) is 7.42. The predicted octanol–water partition coefficient (Wildman–Crippen LogP) is 0.715. The first-order valence-corrected chi connectivity index (χ1v) is 3.80. The molecule has 3 nitrogen and oxygen atoms in total. The van der Waals surface area contributed by atoms with Gasteiger partial charge in [0, 0.05) is 6.92 Å². The molecule has 0 aliphatic rings. The zero-order valence-corrected chi connectivity index (χ0v) is 8.61. The standard InChI is InChI=1S/C2F3O.C2H4O2.Nd/c3-2(4,5)1-6;1-2(3)4;/h;1H3,(H,3,4);. The van der Waals surface area contributed by atoms with Gasteiger partial charge in [0.25, 0.3) is 5.97 Å². The summed E-state index contributed by atoms with van der Waals surface area (Å²) >= 11 is -0.436. The van der Waals surface area contributed by atoms with Crippen molar-refractivity contribution in [2.45, 2.75) is 13.1 Å². The number of carbonyl (C=O) groups is 2. The van der Waals surface area contributed by atoms with Gasteiger partial charge in [0.05, 0.1) is 0 Å². The van der Waals surface area contributed by atoms with Crippen LogP contribution in [0.1, 0.15) is 6.92 Å². The average Bonchev–Trinajstić information content (AvgIpc) is 1.59. The van der Waals surface area contributed by atoms with Crippen LogP contribution >= 0.6 is 0 Å². The molecular weight excluding hydrogens is 297 g/mol. The Labute approximate surface area is 86.6 Å². The molecule has 0 bridgehead atoms. The summed E-state index contributed by atoms with van der Waals surface area (Å²) in [6.07, 6.45) is -4.58. The Bertz CT molecular complexity index is 149. The Morgan fingerprint density at radius 1 is 1.36 bits per heavy atom. The molecule has 0 radical (unpaired) electrons. The van der Waals surface area contributed by atoms with Gasteiger partial charge in [0.2, 0.25) is 0 Å². The molecule has 0 aliphatic carbocycles. The van der Waals surface area contributed by atoms with Crippen LogP contribution in [0.2, 0.25) is 0 Å². The van der Waals surface area contributed by atoms with Crippen LogP contribution in [-0.2, 0) is 9.59 Å². The molecule has 0 amide bonds. The van der Waals surface area contributed by atoms with Crippen molar-refractivity contribution >= 4 is 7.40 Å². The first-order valence-electron chi connectivity index (χ1n) is 2.20. The van der Waals surface area contributed by atoms with E-state index >= 15 is 0 Å². The van der Waals surface area contributed by atoms with Crippen LogP contribution in [0.25, 0.3) is 0 Å². The van der Waals surface area contributed by atoms with Crippen LogP contribution in [0.3, 0.4) is 0 Å². The Balaban J connectivity index is 0. The molecule has 0 heterocycles. The second-order valence-corrected chi connectivity index (χ2v) is 2.80. The molecule has 63 valence electrons. The Kier molecular flexibility index (Phi) is 7.39. The van der Waals surface area contributed by atoms with E-state index in [0.717, 1.165) is 6.92 Å². The topological polar surface area (TPSA) is 54.4 Å². The van der Waals surface area contributed by atoms with Crippen molar-refractivity contribution in [3.8, 4) is 0 Å². The van der Waals surface area contributed by atoms with E-state index < -0.39 is 52.4 Å². The SMILES string of the molecule is CC(=O)O.O=[C]([Nd])C(F)(F)F. The molecule has 0 aromatic heterocycles. The van der Waals surface area contributed by atoms with E-state index in [1.54, 1.807) is 0 Å². The summed E-state index contributed by atoms with van der Waals surface area (Å²) in [6.45, 7) is 1.08. The Hall–Kier alpha value is 0.281. The normalized spacial score (nSPS) is 9.36. The third-order valence-corrected chi connectivity index (χ3v) is 1.17. The second kappa shape index (κ2) is 5.87. The van der Waals surface area contributed by atoms with Crippen molar-refractivity contribution in [3.63, 3.8) is 0 Å². The molecule has 0 aromatic carbocycles. The molecule has 0 saturated heterocycles. The zero-order chi connectivity index (χ0) is 9.65. The van der Waals surface area contributed by atoms with Gasteiger partial charge in [-0.15, -0.1) is 0 Å².